The van der Waals surface area contributed by atoms with Crippen LogP contribution in [0, 0.1) is 12.7 Å². The van der Waals surface area contributed by atoms with Crippen LogP contribution in [0.3, 0.4) is 0 Å². The molecule has 8 nitrogen and oxygen atoms in total. The van der Waals surface area contributed by atoms with Crippen LogP contribution in [0.2, 0.25) is 0 Å². The van der Waals surface area contributed by atoms with Gasteiger partial charge in [-0.2, -0.15) is 0 Å². The number of benzene rings is 3. The molecule has 0 aliphatic carbocycles. The third-order valence-corrected chi connectivity index (χ3v) is 6.08. The molecule has 0 saturated carbocycles. The van der Waals surface area contributed by atoms with E-state index >= 15 is 0 Å². The molecule has 37 heavy (non-hydrogen) atoms. The number of carbonyl (C=O) groups excluding carboxylic acids is 3. The lowest BCUT2D eigenvalue weighted by molar-refractivity contribution is -0.123. The number of amides is 4. The van der Waals surface area contributed by atoms with Crippen LogP contribution < -0.4 is 20.1 Å². The van der Waals surface area contributed by atoms with Gasteiger partial charge in [0, 0.05) is 11.3 Å². The number of ether oxygens (including phenoxy) is 2. The summed E-state index contributed by atoms with van der Waals surface area (Å²) >= 11 is 3.41. The van der Waals surface area contributed by atoms with Crippen molar-refractivity contribution in [3.05, 3.63) is 93.3 Å². The van der Waals surface area contributed by atoms with Crippen molar-refractivity contribution < 1.29 is 28.2 Å². The maximum Gasteiger partial charge on any atom is 0.329 e. The van der Waals surface area contributed by atoms with E-state index in [9.17, 15) is 18.8 Å². The molecular formula is C27H23BrFN3O5. The third kappa shape index (κ3) is 6.15. The molecule has 1 saturated heterocycles. The summed E-state index contributed by atoms with van der Waals surface area (Å²) in [6.45, 7) is 1.50. The van der Waals surface area contributed by atoms with Crippen LogP contribution in [0.1, 0.15) is 16.7 Å². The van der Waals surface area contributed by atoms with Gasteiger partial charge in [-0.15, -0.1) is 0 Å². The minimum Gasteiger partial charge on any atom is -0.493 e. The maximum absolute atomic E-state index is 14.0. The van der Waals surface area contributed by atoms with Crippen molar-refractivity contribution in [3.8, 4) is 11.5 Å². The number of anilines is 1. The largest absolute Gasteiger partial charge is 0.493 e. The molecule has 1 fully saturated rings. The molecule has 1 aliphatic rings. The first-order valence-electron chi connectivity index (χ1n) is 11.2. The fraction of sp³-hybridized carbons (Fsp3) is 0.148. The Morgan fingerprint density at radius 3 is 2.57 bits per heavy atom. The Morgan fingerprint density at radius 1 is 1.14 bits per heavy atom. The molecule has 10 heteroatoms. The van der Waals surface area contributed by atoms with Crippen molar-refractivity contribution in [2.75, 3.05) is 19.0 Å². The van der Waals surface area contributed by atoms with Crippen LogP contribution in [0.15, 0.2) is 70.8 Å². The fourth-order valence-corrected chi connectivity index (χ4v) is 4.19. The number of hydrogen-bond donors (Lipinski definition) is 2. The van der Waals surface area contributed by atoms with Crippen molar-refractivity contribution >= 4 is 45.5 Å². The fourth-order valence-electron chi connectivity index (χ4n) is 3.61. The van der Waals surface area contributed by atoms with Crippen LogP contribution in [-0.4, -0.2) is 36.5 Å². The van der Waals surface area contributed by atoms with Gasteiger partial charge >= 0.3 is 6.03 Å². The van der Waals surface area contributed by atoms with Crippen molar-refractivity contribution in [2.24, 2.45) is 0 Å². The standard InChI is InChI=1S/C27H23BrFN3O5/c1-16-7-9-19(10-8-16)30-24(33)15-37-25-20(28)11-17(13-23(25)36-2)12-22-26(34)32(27(35)31-22)14-18-5-3-4-6-21(18)29/h3-13H,14-15H2,1-2H3,(H,30,33)(H,31,35)/b22-12+. The Labute approximate surface area is 221 Å². The lowest BCUT2D eigenvalue weighted by atomic mass is 10.1. The van der Waals surface area contributed by atoms with Gasteiger partial charge in [-0.25, -0.2) is 9.18 Å². The monoisotopic (exact) mass is 567 g/mol. The van der Waals surface area contributed by atoms with Crippen LogP contribution in [0.4, 0.5) is 14.9 Å². The normalized spacial score (nSPS) is 14.1. The number of nitrogens with one attached hydrogen (secondary N) is 2. The predicted molar refractivity (Wildman–Crippen MR) is 139 cm³/mol. The van der Waals surface area contributed by atoms with E-state index in [-0.39, 0.29) is 30.3 Å². The topological polar surface area (TPSA) is 97.0 Å². The molecule has 0 radical (unpaired) electrons. The van der Waals surface area contributed by atoms with Crippen molar-refractivity contribution in [2.45, 2.75) is 13.5 Å². The molecule has 4 amide bonds. The van der Waals surface area contributed by atoms with Crippen molar-refractivity contribution in [1.29, 1.82) is 0 Å². The van der Waals surface area contributed by atoms with Gasteiger partial charge in [0.15, 0.2) is 18.1 Å². The molecular weight excluding hydrogens is 545 g/mol. The summed E-state index contributed by atoms with van der Waals surface area (Å²) in [4.78, 5) is 38.5. The third-order valence-electron chi connectivity index (χ3n) is 5.49. The van der Waals surface area contributed by atoms with E-state index in [4.69, 9.17) is 9.47 Å². The van der Waals surface area contributed by atoms with Gasteiger partial charge in [0.2, 0.25) is 0 Å². The molecule has 0 unspecified atom stereocenters. The summed E-state index contributed by atoms with van der Waals surface area (Å²) in [5.74, 6) is -0.831. The molecule has 0 spiro atoms. The van der Waals surface area contributed by atoms with Crippen LogP contribution in [0.25, 0.3) is 6.08 Å². The number of halogens is 2. The molecule has 0 bridgehead atoms. The number of carbonyl (C=O) groups is 3. The SMILES string of the molecule is COc1cc(/C=C2/NC(=O)N(Cc3ccccc3F)C2=O)cc(Br)c1OCC(=O)Nc1ccc(C)cc1. The van der Waals surface area contributed by atoms with Crippen LogP contribution in [-0.2, 0) is 16.1 Å². The number of aryl methyl sites for hydroxylation is 1. The van der Waals surface area contributed by atoms with Gasteiger partial charge < -0.3 is 20.1 Å². The average molecular weight is 568 g/mol. The van der Waals surface area contributed by atoms with Crippen LogP contribution >= 0.6 is 15.9 Å². The highest BCUT2D eigenvalue weighted by atomic mass is 79.9. The van der Waals surface area contributed by atoms with E-state index in [0.29, 0.717) is 27.2 Å². The Bertz CT molecular complexity index is 1390. The van der Waals surface area contributed by atoms with Crippen molar-refractivity contribution in [1.82, 2.24) is 10.2 Å². The first-order chi connectivity index (χ1) is 17.7. The second kappa shape index (κ2) is 11.3. The smallest absolute Gasteiger partial charge is 0.329 e. The summed E-state index contributed by atoms with van der Waals surface area (Å²) in [7, 11) is 1.44. The van der Waals surface area contributed by atoms with Gasteiger partial charge in [0.05, 0.1) is 18.1 Å². The first-order valence-corrected chi connectivity index (χ1v) is 12.0. The highest BCUT2D eigenvalue weighted by Gasteiger charge is 2.34. The number of imide groups is 1. The van der Waals surface area contributed by atoms with Crippen LogP contribution in [0.5, 0.6) is 11.5 Å². The number of hydrogen-bond acceptors (Lipinski definition) is 5. The Morgan fingerprint density at radius 2 is 1.86 bits per heavy atom. The quantitative estimate of drug-likeness (QED) is 0.294. The molecule has 3 aromatic carbocycles. The minimum absolute atomic E-state index is 0.0291. The Hall–Kier alpha value is -4.18. The van der Waals surface area contributed by atoms with E-state index in [1.807, 2.05) is 19.1 Å². The molecule has 4 rings (SSSR count). The van der Waals surface area contributed by atoms with E-state index in [0.717, 1.165) is 10.5 Å². The van der Waals surface area contributed by atoms with Gasteiger partial charge in [0.25, 0.3) is 11.8 Å². The summed E-state index contributed by atoms with van der Waals surface area (Å²) in [5, 5.41) is 5.27. The maximum atomic E-state index is 14.0. The first kappa shape index (κ1) is 25.9. The van der Waals surface area contributed by atoms with Gasteiger partial charge in [-0.3, -0.25) is 14.5 Å². The number of rotatable bonds is 8. The highest BCUT2D eigenvalue weighted by molar-refractivity contribution is 9.10. The molecule has 2 N–H and O–H groups in total. The van der Waals surface area contributed by atoms with Crippen molar-refractivity contribution in [3.63, 3.8) is 0 Å². The molecule has 1 aliphatic heterocycles. The molecule has 3 aromatic rings. The molecule has 1 heterocycles. The zero-order valence-electron chi connectivity index (χ0n) is 20.0. The molecule has 0 atom stereocenters. The van der Waals surface area contributed by atoms with Gasteiger partial charge in [0.1, 0.15) is 11.5 Å². The predicted octanol–water partition coefficient (Wildman–Crippen LogP) is 5.02. The van der Waals surface area contributed by atoms with Gasteiger partial charge in [-0.1, -0.05) is 35.9 Å². The number of methoxy groups -OCH3 is 1. The van der Waals surface area contributed by atoms with E-state index in [2.05, 4.69) is 26.6 Å². The van der Waals surface area contributed by atoms with E-state index < -0.39 is 17.8 Å². The molecule has 190 valence electrons. The molecule has 0 aromatic heterocycles. The lowest BCUT2D eigenvalue weighted by Crippen LogP contribution is -2.30. The average Bonchev–Trinajstić information content (AvgIpc) is 3.13. The number of urea groups is 1. The zero-order chi connectivity index (χ0) is 26.5. The summed E-state index contributed by atoms with van der Waals surface area (Å²) in [6.07, 6.45) is 1.47. The second-order valence-corrected chi connectivity index (χ2v) is 9.06. The highest BCUT2D eigenvalue weighted by Crippen LogP contribution is 2.37. The lowest BCUT2D eigenvalue weighted by Gasteiger charge is -2.14. The summed E-state index contributed by atoms with van der Waals surface area (Å²) < 4.78 is 25.6. The van der Waals surface area contributed by atoms with E-state index in [1.54, 1.807) is 30.3 Å². The Balaban J connectivity index is 1.47. The number of nitrogens with zero attached hydrogens (tertiary/aromatic N) is 1. The minimum atomic E-state index is -0.648. The van der Waals surface area contributed by atoms with E-state index in [1.165, 1.54) is 31.4 Å². The Kier molecular flexibility index (Phi) is 7.88. The van der Waals surface area contributed by atoms with Gasteiger partial charge in [-0.05, 0) is 64.8 Å². The summed E-state index contributed by atoms with van der Waals surface area (Å²) in [5.41, 5.74) is 2.51. The zero-order valence-corrected chi connectivity index (χ0v) is 21.6. The second-order valence-electron chi connectivity index (χ2n) is 8.21. The summed E-state index contributed by atoms with van der Waals surface area (Å²) in [6, 6.07) is 15.9.